The van der Waals surface area contributed by atoms with Crippen molar-refractivity contribution >= 4 is 5.91 Å². The van der Waals surface area contributed by atoms with Crippen LogP contribution in [0, 0.1) is 29.6 Å². The van der Waals surface area contributed by atoms with Gasteiger partial charge in [0.25, 0.3) is 0 Å². The van der Waals surface area contributed by atoms with Crippen LogP contribution in [0.1, 0.15) is 32.1 Å². The third kappa shape index (κ3) is 2.31. The zero-order valence-corrected chi connectivity index (χ0v) is 13.2. The van der Waals surface area contributed by atoms with Gasteiger partial charge in [-0.3, -0.25) is 4.79 Å². The molecular weight excluding hydrogens is 262 g/mol. The first-order chi connectivity index (χ1) is 10.2. The highest BCUT2D eigenvalue weighted by molar-refractivity contribution is 5.80. The number of piperazine rings is 1. The number of nitrogens with two attached hydrogens (primary N) is 1. The molecule has 2 N–H and O–H groups in total. The van der Waals surface area contributed by atoms with E-state index in [1.54, 1.807) is 0 Å². The van der Waals surface area contributed by atoms with Crippen LogP contribution in [-0.2, 0) is 4.79 Å². The third-order valence-corrected chi connectivity index (χ3v) is 6.75. The second-order valence-electron chi connectivity index (χ2n) is 8.14. The van der Waals surface area contributed by atoms with E-state index in [1.165, 1.54) is 32.1 Å². The Morgan fingerprint density at radius 1 is 1.05 bits per heavy atom. The lowest BCUT2D eigenvalue weighted by Crippen LogP contribution is -2.60. The number of rotatable bonds is 2. The normalized spacial score (nSPS) is 46.1. The first-order valence-corrected chi connectivity index (χ1v) is 8.84. The molecule has 0 aromatic heterocycles. The summed E-state index contributed by atoms with van der Waals surface area (Å²) in [4.78, 5) is 17.7. The topological polar surface area (TPSA) is 49.6 Å². The van der Waals surface area contributed by atoms with E-state index in [2.05, 4.69) is 16.8 Å². The monoisotopic (exact) mass is 291 g/mol. The van der Waals surface area contributed by atoms with E-state index in [0.29, 0.717) is 30.2 Å². The summed E-state index contributed by atoms with van der Waals surface area (Å²) in [6.45, 7) is 3.41. The van der Waals surface area contributed by atoms with Crippen molar-refractivity contribution in [1.29, 1.82) is 0 Å². The minimum Gasteiger partial charge on any atom is -0.336 e. The highest BCUT2D eigenvalue weighted by Crippen LogP contribution is 2.56. The molecule has 0 aromatic carbocycles. The summed E-state index contributed by atoms with van der Waals surface area (Å²) in [6.07, 6.45) is 6.75. The fourth-order valence-corrected chi connectivity index (χ4v) is 6.02. The molecule has 4 aliphatic carbocycles. The molecule has 1 heterocycles. The zero-order valence-electron chi connectivity index (χ0n) is 13.2. The van der Waals surface area contributed by atoms with Gasteiger partial charge >= 0.3 is 0 Å². The summed E-state index contributed by atoms with van der Waals surface area (Å²) in [6, 6.07) is 0.230. The van der Waals surface area contributed by atoms with Crippen molar-refractivity contribution in [1.82, 2.24) is 9.80 Å². The van der Waals surface area contributed by atoms with Crippen molar-refractivity contribution in [3.63, 3.8) is 0 Å². The number of hydrogen-bond acceptors (Lipinski definition) is 3. The molecule has 0 radical (unpaired) electrons. The van der Waals surface area contributed by atoms with Gasteiger partial charge in [0.2, 0.25) is 5.91 Å². The number of amides is 1. The molecule has 1 amide bonds. The van der Waals surface area contributed by atoms with E-state index in [0.717, 1.165) is 31.5 Å². The number of likely N-dealkylation sites (N-methyl/N-ethyl adjacent to an activating group) is 1. The molecule has 0 aromatic rings. The summed E-state index contributed by atoms with van der Waals surface area (Å²) in [5.74, 6) is 4.03. The van der Waals surface area contributed by atoms with E-state index in [4.69, 9.17) is 5.73 Å². The number of hydrogen-bond donors (Lipinski definition) is 1. The molecule has 5 aliphatic rings. The van der Waals surface area contributed by atoms with Crippen LogP contribution in [0.15, 0.2) is 0 Å². The molecule has 5 fully saturated rings. The van der Waals surface area contributed by atoms with E-state index >= 15 is 0 Å². The molecule has 4 heteroatoms. The molecule has 4 nitrogen and oxygen atoms in total. The van der Waals surface area contributed by atoms with Gasteiger partial charge in [-0.2, -0.15) is 0 Å². The van der Waals surface area contributed by atoms with E-state index in [-0.39, 0.29) is 6.04 Å². The molecule has 21 heavy (non-hydrogen) atoms. The first kappa shape index (κ1) is 14.0. The van der Waals surface area contributed by atoms with Gasteiger partial charge in [0, 0.05) is 32.1 Å². The van der Waals surface area contributed by atoms with Crippen LogP contribution in [-0.4, -0.2) is 55.0 Å². The van der Waals surface area contributed by atoms with Crippen molar-refractivity contribution in [2.45, 2.75) is 38.1 Å². The lowest BCUT2D eigenvalue weighted by molar-refractivity contribution is -0.153. The summed E-state index contributed by atoms with van der Waals surface area (Å²) in [5.41, 5.74) is 5.95. The minimum absolute atomic E-state index is 0.230. The lowest BCUT2D eigenvalue weighted by atomic mass is 9.51. The van der Waals surface area contributed by atoms with Crippen LogP contribution in [0.25, 0.3) is 0 Å². The fourth-order valence-electron chi connectivity index (χ4n) is 6.02. The molecule has 118 valence electrons. The van der Waals surface area contributed by atoms with Crippen molar-refractivity contribution in [3.05, 3.63) is 0 Å². The van der Waals surface area contributed by atoms with Crippen molar-refractivity contribution in [2.24, 2.45) is 35.3 Å². The Hall–Kier alpha value is -0.610. The first-order valence-electron chi connectivity index (χ1n) is 8.84. The smallest absolute Gasteiger partial charge is 0.226 e. The molecule has 4 saturated carbocycles. The van der Waals surface area contributed by atoms with Crippen LogP contribution in [0.4, 0.5) is 0 Å². The van der Waals surface area contributed by atoms with Gasteiger partial charge in [-0.1, -0.05) is 0 Å². The van der Waals surface area contributed by atoms with Crippen molar-refractivity contribution in [2.75, 3.05) is 33.2 Å². The highest BCUT2D eigenvalue weighted by atomic mass is 16.2. The van der Waals surface area contributed by atoms with Crippen LogP contribution in [0.2, 0.25) is 0 Å². The van der Waals surface area contributed by atoms with Gasteiger partial charge in [0.1, 0.15) is 0 Å². The standard InChI is InChI=1S/C17H29N3O/c1-19-2-3-20(15(9-18)10-19)17(21)16-13-5-11-4-12(7-13)8-14(16)6-11/h11-16H,2-10,18H2,1H3. The van der Waals surface area contributed by atoms with Gasteiger partial charge in [0.05, 0.1) is 6.04 Å². The van der Waals surface area contributed by atoms with Crippen LogP contribution in [0.3, 0.4) is 0 Å². The molecular formula is C17H29N3O. The van der Waals surface area contributed by atoms with Crippen LogP contribution >= 0.6 is 0 Å². The number of carbonyl (C=O) groups is 1. The summed E-state index contributed by atoms with van der Waals surface area (Å²) < 4.78 is 0. The predicted molar refractivity (Wildman–Crippen MR) is 82.6 cm³/mol. The average Bonchev–Trinajstić information content (AvgIpc) is 2.45. The molecule has 0 spiro atoms. The second kappa shape index (κ2) is 5.24. The van der Waals surface area contributed by atoms with E-state index in [9.17, 15) is 4.79 Å². The Labute approximate surface area is 128 Å². The number of carbonyl (C=O) groups excluding carboxylic acids is 1. The second-order valence-corrected chi connectivity index (χ2v) is 8.14. The molecule has 1 aliphatic heterocycles. The zero-order chi connectivity index (χ0) is 14.6. The van der Waals surface area contributed by atoms with Crippen LogP contribution in [0.5, 0.6) is 0 Å². The Morgan fingerprint density at radius 3 is 2.24 bits per heavy atom. The van der Waals surface area contributed by atoms with E-state index < -0.39 is 0 Å². The largest absolute Gasteiger partial charge is 0.336 e. The maximum Gasteiger partial charge on any atom is 0.226 e. The Bertz CT molecular complexity index is 396. The van der Waals surface area contributed by atoms with Crippen molar-refractivity contribution < 1.29 is 4.79 Å². The minimum atomic E-state index is 0.230. The summed E-state index contributed by atoms with van der Waals surface area (Å²) in [5, 5.41) is 0. The molecule has 4 bridgehead atoms. The SMILES string of the molecule is CN1CCN(C(=O)C2C3CC4CC(C3)CC2C4)C(CN)C1. The van der Waals surface area contributed by atoms with Gasteiger partial charge in [-0.15, -0.1) is 0 Å². The maximum absolute atomic E-state index is 13.2. The molecule has 1 atom stereocenters. The lowest BCUT2D eigenvalue weighted by Gasteiger charge is -2.55. The van der Waals surface area contributed by atoms with Gasteiger partial charge < -0.3 is 15.5 Å². The Balaban J connectivity index is 1.52. The maximum atomic E-state index is 13.2. The molecule has 5 rings (SSSR count). The van der Waals surface area contributed by atoms with Crippen LogP contribution < -0.4 is 5.73 Å². The van der Waals surface area contributed by atoms with Crippen molar-refractivity contribution in [3.8, 4) is 0 Å². The predicted octanol–water partition coefficient (Wildman–Crippen LogP) is 1.16. The Morgan fingerprint density at radius 2 is 1.67 bits per heavy atom. The number of nitrogens with zero attached hydrogens (tertiary/aromatic N) is 2. The van der Waals surface area contributed by atoms with Gasteiger partial charge in [-0.25, -0.2) is 0 Å². The van der Waals surface area contributed by atoms with Gasteiger partial charge in [0.15, 0.2) is 0 Å². The fraction of sp³-hybridized carbons (Fsp3) is 0.941. The third-order valence-electron chi connectivity index (χ3n) is 6.75. The quantitative estimate of drug-likeness (QED) is 0.830. The highest BCUT2D eigenvalue weighted by Gasteiger charge is 2.52. The Kier molecular flexibility index (Phi) is 3.49. The molecule has 1 unspecified atom stereocenters. The van der Waals surface area contributed by atoms with E-state index in [1.807, 2.05) is 0 Å². The summed E-state index contributed by atoms with van der Waals surface area (Å²) in [7, 11) is 2.13. The summed E-state index contributed by atoms with van der Waals surface area (Å²) >= 11 is 0. The average molecular weight is 291 g/mol. The molecule has 1 saturated heterocycles. The van der Waals surface area contributed by atoms with Gasteiger partial charge in [-0.05, 0) is 62.8 Å².